The third-order valence-electron chi connectivity index (χ3n) is 4.11. The summed E-state index contributed by atoms with van der Waals surface area (Å²) in [5.74, 6) is 0. The van der Waals surface area contributed by atoms with E-state index in [0.717, 1.165) is 32.6 Å². The summed E-state index contributed by atoms with van der Waals surface area (Å²) in [5.41, 5.74) is 4.38. The second-order valence-electron chi connectivity index (χ2n) is 5.47. The molecule has 1 N–H and O–H groups in total. The van der Waals surface area contributed by atoms with Gasteiger partial charge in [-0.3, -0.25) is 4.90 Å². The Morgan fingerprint density at radius 1 is 1.19 bits per heavy atom. The van der Waals surface area contributed by atoms with E-state index in [4.69, 9.17) is 0 Å². The lowest BCUT2D eigenvalue weighted by atomic mass is 9.91. The van der Waals surface area contributed by atoms with E-state index in [1.54, 1.807) is 0 Å². The van der Waals surface area contributed by atoms with Crippen molar-refractivity contribution in [2.75, 3.05) is 26.2 Å². The molecule has 1 aromatic carbocycles. The third kappa shape index (κ3) is 5.30. The standard InChI is InChI=1S/C17H26N2.2ClH/c1-4-5-9-16(19-12-10-18-11-13-19)17-14(2)7-6-8-15(17)3;;/h4,6-8,16,18H,1,5,9-13H2,2-3H3;2*1H/t16-;;/m1../s1. The first-order valence-corrected chi connectivity index (χ1v) is 7.36. The number of hydrogen-bond donors (Lipinski definition) is 1. The number of halogens is 2. The van der Waals surface area contributed by atoms with Crippen molar-refractivity contribution in [3.63, 3.8) is 0 Å². The van der Waals surface area contributed by atoms with Crippen LogP contribution in [-0.2, 0) is 0 Å². The summed E-state index contributed by atoms with van der Waals surface area (Å²) in [6.07, 6.45) is 4.31. The molecule has 0 bridgehead atoms. The van der Waals surface area contributed by atoms with Gasteiger partial charge in [0.05, 0.1) is 0 Å². The van der Waals surface area contributed by atoms with Crippen molar-refractivity contribution in [3.8, 4) is 0 Å². The van der Waals surface area contributed by atoms with Crippen LogP contribution in [0.4, 0.5) is 0 Å². The summed E-state index contributed by atoms with van der Waals surface area (Å²) in [4.78, 5) is 2.63. The Kier molecular flexibility index (Phi) is 9.97. The fourth-order valence-electron chi connectivity index (χ4n) is 3.13. The molecule has 21 heavy (non-hydrogen) atoms. The zero-order chi connectivity index (χ0) is 13.7. The largest absolute Gasteiger partial charge is 0.314 e. The Balaban J connectivity index is 0.00000200. The average molecular weight is 331 g/mol. The highest BCUT2D eigenvalue weighted by atomic mass is 35.5. The van der Waals surface area contributed by atoms with Gasteiger partial charge in [-0.2, -0.15) is 0 Å². The Morgan fingerprint density at radius 3 is 2.29 bits per heavy atom. The molecular weight excluding hydrogens is 303 g/mol. The lowest BCUT2D eigenvalue weighted by Crippen LogP contribution is -2.45. The van der Waals surface area contributed by atoms with Crippen molar-refractivity contribution in [3.05, 3.63) is 47.5 Å². The second-order valence-corrected chi connectivity index (χ2v) is 5.47. The lowest BCUT2D eigenvalue weighted by Gasteiger charge is -2.36. The Labute approximate surface area is 141 Å². The van der Waals surface area contributed by atoms with E-state index in [2.05, 4.69) is 48.8 Å². The van der Waals surface area contributed by atoms with E-state index in [0.29, 0.717) is 6.04 Å². The van der Waals surface area contributed by atoms with Crippen LogP contribution >= 0.6 is 24.8 Å². The molecule has 0 saturated carbocycles. The van der Waals surface area contributed by atoms with Crippen LogP contribution in [0.15, 0.2) is 30.9 Å². The molecule has 120 valence electrons. The van der Waals surface area contributed by atoms with Crippen LogP contribution in [0, 0.1) is 13.8 Å². The van der Waals surface area contributed by atoms with Gasteiger partial charge >= 0.3 is 0 Å². The first-order valence-electron chi connectivity index (χ1n) is 7.36. The molecule has 1 atom stereocenters. The highest BCUT2D eigenvalue weighted by Crippen LogP contribution is 2.31. The molecule has 0 spiro atoms. The maximum absolute atomic E-state index is 3.89. The van der Waals surface area contributed by atoms with Crippen molar-refractivity contribution < 1.29 is 0 Å². The number of allylic oxidation sites excluding steroid dienone is 1. The molecule has 1 heterocycles. The molecule has 1 fully saturated rings. The predicted molar refractivity (Wildman–Crippen MR) is 97.0 cm³/mol. The number of nitrogens with zero attached hydrogens (tertiary/aromatic N) is 1. The van der Waals surface area contributed by atoms with Crippen molar-refractivity contribution in [2.45, 2.75) is 32.7 Å². The van der Waals surface area contributed by atoms with Crippen LogP contribution in [0.2, 0.25) is 0 Å². The molecule has 0 unspecified atom stereocenters. The van der Waals surface area contributed by atoms with Gasteiger partial charge in [-0.25, -0.2) is 0 Å². The fraction of sp³-hybridized carbons (Fsp3) is 0.529. The fourth-order valence-corrected chi connectivity index (χ4v) is 3.13. The van der Waals surface area contributed by atoms with Gasteiger partial charge in [0, 0.05) is 32.2 Å². The van der Waals surface area contributed by atoms with E-state index >= 15 is 0 Å². The normalized spacial score (nSPS) is 16.5. The molecule has 1 aliphatic heterocycles. The molecule has 1 aromatic rings. The topological polar surface area (TPSA) is 15.3 Å². The van der Waals surface area contributed by atoms with Crippen molar-refractivity contribution >= 4 is 24.8 Å². The van der Waals surface area contributed by atoms with E-state index < -0.39 is 0 Å². The molecule has 2 nitrogen and oxygen atoms in total. The summed E-state index contributed by atoms with van der Waals surface area (Å²) in [7, 11) is 0. The summed E-state index contributed by atoms with van der Waals surface area (Å²) in [6, 6.07) is 7.19. The Hall–Kier alpha value is -0.540. The SMILES string of the molecule is C=CCC[C@H](c1c(C)cccc1C)N1CCNCC1.Cl.Cl. The van der Waals surface area contributed by atoms with Gasteiger partial charge in [0.2, 0.25) is 0 Å². The number of hydrogen-bond acceptors (Lipinski definition) is 2. The zero-order valence-corrected chi connectivity index (χ0v) is 14.7. The summed E-state index contributed by atoms with van der Waals surface area (Å²) in [6.45, 7) is 12.9. The molecule has 4 heteroatoms. The maximum Gasteiger partial charge on any atom is 0.0357 e. The van der Waals surface area contributed by atoms with Gasteiger partial charge in [-0.05, 0) is 43.4 Å². The highest BCUT2D eigenvalue weighted by Gasteiger charge is 2.23. The van der Waals surface area contributed by atoms with Crippen molar-refractivity contribution in [1.29, 1.82) is 0 Å². The lowest BCUT2D eigenvalue weighted by molar-refractivity contribution is 0.165. The molecule has 2 rings (SSSR count). The van der Waals surface area contributed by atoms with E-state index in [1.807, 2.05) is 6.08 Å². The number of aryl methyl sites for hydroxylation is 2. The molecule has 0 aromatic heterocycles. The minimum Gasteiger partial charge on any atom is -0.314 e. The molecule has 0 amide bonds. The average Bonchev–Trinajstić information content (AvgIpc) is 2.43. The summed E-state index contributed by atoms with van der Waals surface area (Å²) < 4.78 is 0. The highest BCUT2D eigenvalue weighted by molar-refractivity contribution is 5.85. The van der Waals surface area contributed by atoms with Gasteiger partial charge in [-0.15, -0.1) is 31.4 Å². The quantitative estimate of drug-likeness (QED) is 0.819. The first-order chi connectivity index (χ1) is 9.24. The minimum atomic E-state index is 0. The molecule has 1 aliphatic rings. The number of benzene rings is 1. The number of rotatable bonds is 5. The van der Waals surface area contributed by atoms with Gasteiger partial charge < -0.3 is 5.32 Å². The number of piperazine rings is 1. The van der Waals surface area contributed by atoms with Crippen LogP contribution in [-0.4, -0.2) is 31.1 Å². The summed E-state index contributed by atoms with van der Waals surface area (Å²) >= 11 is 0. The van der Waals surface area contributed by atoms with Crippen LogP contribution in [0.1, 0.15) is 35.6 Å². The molecule has 1 saturated heterocycles. The van der Waals surface area contributed by atoms with Crippen LogP contribution < -0.4 is 5.32 Å². The predicted octanol–water partition coefficient (Wildman–Crippen LogP) is 4.06. The van der Waals surface area contributed by atoms with Crippen molar-refractivity contribution in [2.24, 2.45) is 0 Å². The van der Waals surface area contributed by atoms with Gasteiger partial charge in [0.25, 0.3) is 0 Å². The second kappa shape index (κ2) is 10.2. The summed E-state index contributed by atoms with van der Waals surface area (Å²) in [5, 5.41) is 3.44. The van der Waals surface area contributed by atoms with E-state index in [9.17, 15) is 0 Å². The number of nitrogens with one attached hydrogen (secondary N) is 1. The van der Waals surface area contributed by atoms with E-state index in [-0.39, 0.29) is 24.8 Å². The Bertz CT molecular complexity index is 409. The molecule has 0 radical (unpaired) electrons. The van der Waals surface area contributed by atoms with Gasteiger partial charge in [0.15, 0.2) is 0 Å². The Morgan fingerprint density at radius 2 is 1.76 bits per heavy atom. The smallest absolute Gasteiger partial charge is 0.0357 e. The van der Waals surface area contributed by atoms with Crippen LogP contribution in [0.25, 0.3) is 0 Å². The van der Waals surface area contributed by atoms with E-state index in [1.165, 1.54) is 23.1 Å². The molecular formula is C17H28Cl2N2. The molecule has 0 aliphatic carbocycles. The minimum absolute atomic E-state index is 0. The van der Waals surface area contributed by atoms with Crippen LogP contribution in [0.5, 0.6) is 0 Å². The van der Waals surface area contributed by atoms with Crippen LogP contribution in [0.3, 0.4) is 0 Å². The first kappa shape index (κ1) is 20.5. The third-order valence-corrected chi connectivity index (χ3v) is 4.11. The van der Waals surface area contributed by atoms with Gasteiger partial charge in [-0.1, -0.05) is 24.3 Å². The van der Waals surface area contributed by atoms with Crippen molar-refractivity contribution in [1.82, 2.24) is 10.2 Å². The maximum atomic E-state index is 3.89. The van der Waals surface area contributed by atoms with Gasteiger partial charge in [0.1, 0.15) is 0 Å². The zero-order valence-electron chi connectivity index (χ0n) is 13.1. The monoisotopic (exact) mass is 330 g/mol.